The summed E-state index contributed by atoms with van der Waals surface area (Å²) in [6.45, 7) is 3.44. The number of hydrogen-bond acceptors (Lipinski definition) is 5. The molecule has 0 fully saturated rings. The number of aryl methyl sites for hydroxylation is 1. The zero-order valence-electron chi connectivity index (χ0n) is 12.8. The van der Waals surface area contributed by atoms with Crippen molar-refractivity contribution in [1.29, 1.82) is 0 Å². The van der Waals surface area contributed by atoms with E-state index >= 15 is 0 Å². The second kappa shape index (κ2) is 8.17. The lowest BCUT2D eigenvalue weighted by molar-refractivity contribution is 0.449. The zero-order chi connectivity index (χ0) is 15.8. The van der Waals surface area contributed by atoms with Crippen LogP contribution in [0.2, 0.25) is 0 Å². The molecule has 0 unspecified atom stereocenters. The quantitative estimate of drug-likeness (QED) is 0.732. The van der Waals surface area contributed by atoms with Gasteiger partial charge in [-0.05, 0) is 25.8 Å². The summed E-state index contributed by atoms with van der Waals surface area (Å²) >= 11 is 0. The summed E-state index contributed by atoms with van der Waals surface area (Å²) < 4.78 is 1.92. The van der Waals surface area contributed by atoms with Crippen molar-refractivity contribution in [1.82, 2.24) is 14.5 Å². The van der Waals surface area contributed by atoms with Crippen LogP contribution in [-0.2, 0) is 6.54 Å². The van der Waals surface area contributed by atoms with Crippen LogP contribution in [0.15, 0.2) is 35.5 Å². The third-order valence-electron chi connectivity index (χ3n) is 3.59. The third-order valence-corrected chi connectivity index (χ3v) is 3.59. The Bertz CT molecular complexity index is 640. The highest BCUT2D eigenvalue weighted by atomic mass is 16.3. The lowest BCUT2D eigenvalue weighted by Gasteiger charge is -2.11. The van der Waals surface area contributed by atoms with Crippen LogP contribution < -0.4 is 10.7 Å². The molecule has 0 saturated heterocycles. The van der Waals surface area contributed by atoms with Gasteiger partial charge in [0.15, 0.2) is 5.75 Å². The van der Waals surface area contributed by atoms with E-state index in [4.69, 9.17) is 0 Å². The predicted octanol–water partition coefficient (Wildman–Crippen LogP) is 2.32. The summed E-state index contributed by atoms with van der Waals surface area (Å²) in [7, 11) is 0. The fraction of sp³-hybridized carbons (Fsp3) is 0.438. The molecule has 2 N–H and O–H groups in total. The number of aromatic hydroxyl groups is 1. The highest BCUT2D eigenvalue weighted by molar-refractivity contribution is 5.25. The number of hydrogen-bond donors (Lipinski definition) is 2. The lowest BCUT2D eigenvalue weighted by Crippen LogP contribution is -2.10. The maximum Gasteiger partial charge on any atom is 0.223 e. The van der Waals surface area contributed by atoms with Gasteiger partial charge >= 0.3 is 0 Å². The van der Waals surface area contributed by atoms with Crippen molar-refractivity contribution in [3.63, 3.8) is 0 Å². The van der Waals surface area contributed by atoms with Crippen LogP contribution in [0.3, 0.4) is 0 Å². The van der Waals surface area contributed by atoms with E-state index in [1.165, 1.54) is 6.07 Å². The molecule has 6 nitrogen and oxygen atoms in total. The summed E-state index contributed by atoms with van der Waals surface area (Å²) in [5.41, 5.74) is 0.318. The van der Waals surface area contributed by atoms with E-state index in [0.29, 0.717) is 11.6 Å². The molecule has 0 bridgehead atoms. The van der Waals surface area contributed by atoms with Crippen LogP contribution in [0.5, 0.6) is 5.75 Å². The van der Waals surface area contributed by atoms with Crippen molar-refractivity contribution in [3.8, 4) is 5.75 Å². The van der Waals surface area contributed by atoms with Crippen molar-refractivity contribution >= 4 is 5.95 Å². The van der Waals surface area contributed by atoms with Crippen LogP contribution in [-0.4, -0.2) is 26.2 Å². The molecule has 0 atom stereocenters. The van der Waals surface area contributed by atoms with Gasteiger partial charge in [0.2, 0.25) is 11.4 Å². The Hall–Kier alpha value is -2.37. The molecule has 0 radical (unpaired) electrons. The molecule has 0 aliphatic rings. The number of nitrogens with zero attached hydrogens (tertiary/aromatic N) is 3. The van der Waals surface area contributed by atoms with Crippen molar-refractivity contribution in [3.05, 3.63) is 46.6 Å². The minimum absolute atomic E-state index is 0.144. The molecular weight excluding hydrogens is 280 g/mol. The minimum Gasteiger partial charge on any atom is -0.503 e. The van der Waals surface area contributed by atoms with Crippen molar-refractivity contribution in [2.45, 2.75) is 39.2 Å². The summed E-state index contributed by atoms with van der Waals surface area (Å²) in [5.74, 6) is 0.524. The smallest absolute Gasteiger partial charge is 0.223 e. The Balaban J connectivity index is 1.62. The van der Waals surface area contributed by atoms with Gasteiger partial charge in [-0.15, -0.1) is 0 Å². The van der Waals surface area contributed by atoms with E-state index < -0.39 is 0 Å². The van der Waals surface area contributed by atoms with Gasteiger partial charge in [0, 0.05) is 37.7 Å². The first-order valence-electron chi connectivity index (χ1n) is 7.58. The Morgan fingerprint density at radius 3 is 2.68 bits per heavy atom. The topological polar surface area (TPSA) is 80.0 Å². The number of unbranched alkanes of at least 4 members (excludes halogenated alkanes) is 3. The van der Waals surface area contributed by atoms with Gasteiger partial charge < -0.3 is 15.0 Å². The van der Waals surface area contributed by atoms with E-state index in [2.05, 4.69) is 15.3 Å². The Kier molecular flexibility index (Phi) is 5.94. The van der Waals surface area contributed by atoms with Gasteiger partial charge in [0.05, 0.1) is 5.69 Å². The first kappa shape index (κ1) is 16.0. The predicted molar refractivity (Wildman–Crippen MR) is 86.1 cm³/mol. The average molecular weight is 302 g/mol. The molecule has 6 heteroatoms. The normalized spacial score (nSPS) is 10.6. The molecule has 2 heterocycles. The monoisotopic (exact) mass is 302 g/mol. The summed E-state index contributed by atoms with van der Waals surface area (Å²) in [6.07, 6.45) is 9.48. The number of nitrogens with one attached hydrogen (secondary N) is 1. The molecule has 0 aliphatic heterocycles. The molecule has 22 heavy (non-hydrogen) atoms. The molecular formula is C16H22N4O2. The standard InChI is InChI=1S/C16H22N4O2/c1-13-15(22)14(21)7-12-20(13)11-5-3-2-4-8-17-16-18-9-6-10-19-16/h6-7,9-10,12,22H,2-5,8,11H2,1H3,(H,17,18,19). The second-order valence-corrected chi connectivity index (χ2v) is 5.22. The van der Waals surface area contributed by atoms with Crippen LogP contribution >= 0.6 is 0 Å². The van der Waals surface area contributed by atoms with Gasteiger partial charge in [0.25, 0.3) is 0 Å². The van der Waals surface area contributed by atoms with Crippen LogP contribution in [0.1, 0.15) is 31.4 Å². The fourth-order valence-electron chi connectivity index (χ4n) is 2.26. The van der Waals surface area contributed by atoms with Crippen molar-refractivity contribution in [2.24, 2.45) is 0 Å². The molecule has 0 spiro atoms. The number of rotatable bonds is 8. The van der Waals surface area contributed by atoms with E-state index in [1.807, 2.05) is 4.57 Å². The van der Waals surface area contributed by atoms with E-state index in [0.717, 1.165) is 38.8 Å². The molecule has 2 aromatic heterocycles. The first-order valence-corrected chi connectivity index (χ1v) is 7.58. The maximum absolute atomic E-state index is 11.3. The summed E-state index contributed by atoms with van der Waals surface area (Å²) in [6, 6.07) is 3.20. The van der Waals surface area contributed by atoms with Crippen LogP contribution in [0.25, 0.3) is 0 Å². The van der Waals surface area contributed by atoms with E-state index in [-0.39, 0.29) is 11.2 Å². The highest BCUT2D eigenvalue weighted by Crippen LogP contribution is 2.11. The van der Waals surface area contributed by atoms with Crippen molar-refractivity contribution < 1.29 is 5.11 Å². The van der Waals surface area contributed by atoms with Gasteiger partial charge in [-0.1, -0.05) is 12.8 Å². The molecule has 2 rings (SSSR count). The van der Waals surface area contributed by atoms with Crippen molar-refractivity contribution in [2.75, 3.05) is 11.9 Å². The Morgan fingerprint density at radius 1 is 1.18 bits per heavy atom. The molecule has 0 aromatic carbocycles. The summed E-state index contributed by atoms with van der Waals surface area (Å²) in [4.78, 5) is 19.5. The number of anilines is 1. The largest absolute Gasteiger partial charge is 0.503 e. The van der Waals surface area contributed by atoms with Crippen LogP contribution in [0.4, 0.5) is 5.95 Å². The Labute approximate surface area is 129 Å². The highest BCUT2D eigenvalue weighted by Gasteiger charge is 2.04. The summed E-state index contributed by atoms with van der Waals surface area (Å²) in [5, 5.41) is 12.8. The maximum atomic E-state index is 11.3. The zero-order valence-corrected chi connectivity index (χ0v) is 12.8. The van der Waals surface area contributed by atoms with Gasteiger partial charge in [-0.3, -0.25) is 4.79 Å². The van der Waals surface area contributed by atoms with Gasteiger partial charge in [0.1, 0.15) is 0 Å². The first-order chi connectivity index (χ1) is 10.7. The molecule has 2 aromatic rings. The van der Waals surface area contributed by atoms with Crippen LogP contribution in [0, 0.1) is 6.92 Å². The van der Waals surface area contributed by atoms with Gasteiger partial charge in [-0.2, -0.15) is 0 Å². The molecule has 118 valence electrons. The number of pyridine rings is 1. The SMILES string of the molecule is Cc1c(O)c(=O)ccn1CCCCCCNc1ncccn1. The molecule has 0 saturated carbocycles. The fourth-order valence-corrected chi connectivity index (χ4v) is 2.26. The number of aromatic nitrogens is 3. The Morgan fingerprint density at radius 2 is 1.91 bits per heavy atom. The van der Waals surface area contributed by atoms with Gasteiger partial charge in [-0.25, -0.2) is 9.97 Å². The van der Waals surface area contributed by atoms with E-state index in [1.54, 1.807) is 31.6 Å². The molecule has 0 aliphatic carbocycles. The average Bonchev–Trinajstić information content (AvgIpc) is 2.54. The third kappa shape index (κ3) is 4.58. The molecule has 0 amide bonds. The minimum atomic E-state index is -0.317. The lowest BCUT2D eigenvalue weighted by atomic mass is 10.2. The second-order valence-electron chi connectivity index (χ2n) is 5.22. The van der Waals surface area contributed by atoms with E-state index in [9.17, 15) is 9.90 Å².